The van der Waals surface area contributed by atoms with Crippen LogP contribution in [0.5, 0.6) is 0 Å². The number of rotatable bonds is 2. The Morgan fingerprint density at radius 2 is 1.79 bits per heavy atom. The first-order chi connectivity index (χ1) is 9.25. The van der Waals surface area contributed by atoms with Gasteiger partial charge in [-0.25, -0.2) is 4.98 Å². The molecule has 0 aliphatic carbocycles. The third kappa shape index (κ3) is 2.10. The summed E-state index contributed by atoms with van der Waals surface area (Å²) in [5, 5.41) is 0. The van der Waals surface area contributed by atoms with Crippen LogP contribution in [0.3, 0.4) is 0 Å². The van der Waals surface area contributed by atoms with E-state index in [-0.39, 0.29) is 5.78 Å². The summed E-state index contributed by atoms with van der Waals surface area (Å²) in [5.41, 5.74) is 3.79. The summed E-state index contributed by atoms with van der Waals surface area (Å²) in [6, 6.07) is 15.3. The molecule has 3 rings (SSSR count). The van der Waals surface area contributed by atoms with Gasteiger partial charge in [0.05, 0.1) is 17.4 Å². The third-order valence-corrected chi connectivity index (χ3v) is 3.02. The lowest BCUT2D eigenvalue weighted by molar-refractivity contribution is 0.101. The maximum absolute atomic E-state index is 11.6. The maximum atomic E-state index is 11.6. The van der Waals surface area contributed by atoms with E-state index in [2.05, 4.69) is 9.97 Å². The Hall–Kier alpha value is -2.55. The largest absolute Gasteiger partial charge is 0.294 e. The lowest BCUT2D eigenvalue weighted by atomic mass is 10.1. The Bertz CT molecular complexity index is 751. The molecule has 0 radical (unpaired) electrons. The van der Waals surface area contributed by atoms with Crippen LogP contribution in [-0.2, 0) is 0 Å². The van der Waals surface area contributed by atoms with Crippen LogP contribution in [0.25, 0.3) is 22.3 Å². The summed E-state index contributed by atoms with van der Waals surface area (Å²) in [6.45, 7) is 1.55. The van der Waals surface area contributed by atoms with E-state index in [0.29, 0.717) is 11.1 Å². The van der Waals surface area contributed by atoms with E-state index in [4.69, 9.17) is 0 Å². The number of hydrogen-bond donors (Lipinski definition) is 0. The second-order valence-electron chi connectivity index (χ2n) is 4.35. The summed E-state index contributed by atoms with van der Waals surface area (Å²) in [6.07, 6.45) is 1.74. The number of aromatic nitrogens is 2. The van der Waals surface area contributed by atoms with E-state index in [1.165, 1.54) is 0 Å². The molecule has 0 spiro atoms. The number of para-hydroxylation sites is 1. The van der Waals surface area contributed by atoms with Gasteiger partial charge in [0.1, 0.15) is 5.52 Å². The van der Waals surface area contributed by atoms with Gasteiger partial charge in [0.25, 0.3) is 0 Å². The third-order valence-electron chi connectivity index (χ3n) is 3.02. The molecule has 92 valence electrons. The molecule has 2 aromatic carbocycles. The van der Waals surface area contributed by atoms with Crippen molar-refractivity contribution in [2.45, 2.75) is 6.92 Å². The zero-order valence-electron chi connectivity index (χ0n) is 10.5. The fraction of sp³-hybridized carbons (Fsp3) is 0.0625. The van der Waals surface area contributed by atoms with Gasteiger partial charge in [0, 0.05) is 11.1 Å². The number of benzene rings is 2. The Balaban J connectivity index is 2.25. The molecular formula is C16H12N2O. The molecule has 0 fully saturated rings. The normalized spacial score (nSPS) is 10.6. The van der Waals surface area contributed by atoms with Crippen LogP contribution in [0.1, 0.15) is 17.3 Å². The number of hydrogen-bond acceptors (Lipinski definition) is 3. The predicted octanol–water partition coefficient (Wildman–Crippen LogP) is 3.50. The maximum Gasteiger partial charge on any atom is 0.162 e. The van der Waals surface area contributed by atoms with Gasteiger partial charge in [-0.05, 0) is 19.1 Å². The van der Waals surface area contributed by atoms with E-state index in [1.807, 2.05) is 42.5 Å². The average Bonchev–Trinajstić information content (AvgIpc) is 2.47. The highest BCUT2D eigenvalue weighted by atomic mass is 16.1. The molecule has 1 aromatic heterocycles. The van der Waals surface area contributed by atoms with E-state index < -0.39 is 0 Å². The minimum atomic E-state index is 0.00473. The quantitative estimate of drug-likeness (QED) is 0.652. The van der Waals surface area contributed by atoms with Crippen LogP contribution in [0, 0.1) is 0 Å². The topological polar surface area (TPSA) is 42.9 Å². The number of fused-ring (bicyclic) bond motifs is 1. The molecule has 0 amide bonds. The van der Waals surface area contributed by atoms with Gasteiger partial charge in [0.15, 0.2) is 5.78 Å². The van der Waals surface area contributed by atoms with Crippen molar-refractivity contribution in [3.63, 3.8) is 0 Å². The monoisotopic (exact) mass is 248 g/mol. The molecule has 0 saturated carbocycles. The molecule has 0 aliphatic rings. The first-order valence-corrected chi connectivity index (χ1v) is 6.08. The molecule has 0 bridgehead atoms. The Kier molecular flexibility index (Phi) is 2.80. The molecule has 0 saturated heterocycles. The molecule has 19 heavy (non-hydrogen) atoms. The van der Waals surface area contributed by atoms with Gasteiger partial charge in [0.2, 0.25) is 0 Å². The fourth-order valence-electron chi connectivity index (χ4n) is 2.07. The fourth-order valence-corrected chi connectivity index (χ4v) is 2.07. The molecule has 0 atom stereocenters. The minimum Gasteiger partial charge on any atom is -0.294 e. The van der Waals surface area contributed by atoms with Crippen LogP contribution < -0.4 is 0 Å². The van der Waals surface area contributed by atoms with Crippen molar-refractivity contribution in [3.8, 4) is 11.3 Å². The number of ketones is 1. The second kappa shape index (κ2) is 4.61. The van der Waals surface area contributed by atoms with Gasteiger partial charge in [-0.15, -0.1) is 0 Å². The number of Topliss-reactive ketones (excluding diaryl/α,β-unsaturated/α-hetero) is 1. The Morgan fingerprint density at radius 1 is 1.00 bits per heavy atom. The first kappa shape index (κ1) is 11.5. The van der Waals surface area contributed by atoms with E-state index in [1.54, 1.807) is 19.2 Å². The lowest BCUT2D eigenvalue weighted by Gasteiger charge is -2.05. The SMILES string of the molecule is CC(=O)c1cccc2ncc(-c3ccccc3)nc12. The van der Waals surface area contributed by atoms with Crippen LogP contribution >= 0.6 is 0 Å². The highest BCUT2D eigenvalue weighted by Gasteiger charge is 2.09. The Labute approximate surface area is 111 Å². The molecule has 1 heterocycles. The van der Waals surface area contributed by atoms with Crippen LogP contribution in [-0.4, -0.2) is 15.8 Å². The molecule has 3 aromatic rings. The number of carbonyl (C=O) groups excluding carboxylic acids is 1. The van der Waals surface area contributed by atoms with Crippen molar-refractivity contribution in [1.82, 2.24) is 9.97 Å². The van der Waals surface area contributed by atoms with Crippen molar-refractivity contribution < 1.29 is 4.79 Å². The van der Waals surface area contributed by atoms with Crippen LogP contribution in [0.4, 0.5) is 0 Å². The van der Waals surface area contributed by atoms with E-state index in [0.717, 1.165) is 16.8 Å². The highest BCUT2D eigenvalue weighted by molar-refractivity contribution is 6.04. The molecular weight excluding hydrogens is 236 g/mol. The summed E-state index contributed by atoms with van der Waals surface area (Å²) in [4.78, 5) is 20.6. The van der Waals surface area contributed by atoms with Crippen molar-refractivity contribution in [1.29, 1.82) is 0 Å². The first-order valence-electron chi connectivity index (χ1n) is 6.08. The lowest BCUT2D eigenvalue weighted by Crippen LogP contribution is -1.97. The summed E-state index contributed by atoms with van der Waals surface area (Å²) in [5.74, 6) is 0.00473. The predicted molar refractivity (Wildman–Crippen MR) is 75.0 cm³/mol. The minimum absolute atomic E-state index is 0.00473. The summed E-state index contributed by atoms with van der Waals surface area (Å²) in [7, 11) is 0. The van der Waals surface area contributed by atoms with Gasteiger partial charge in [-0.2, -0.15) is 0 Å². The van der Waals surface area contributed by atoms with Crippen LogP contribution in [0.2, 0.25) is 0 Å². The summed E-state index contributed by atoms with van der Waals surface area (Å²) < 4.78 is 0. The van der Waals surface area contributed by atoms with Crippen molar-refractivity contribution in [2.24, 2.45) is 0 Å². The number of carbonyl (C=O) groups is 1. The smallest absolute Gasteiger partial charge is 0.162 e. The van der Waals surface area contributed by atoms with E-state index in [9.17, 15) is 4.79 Å². The van der Waals surface area contributed by atoms with E-state index >= 15 is 0 Å². The average molecular weight is 248 g/mol. The standard InChI is InChI=1S/C16H12N2O/c1-11(19)13-8-5-9-14-16(13)18-15(10-17-14)12-6-3-2-4-7-12/h2-10H,1H3. The molecule has 0 unspecified atom stereocenters. The second-order valence-corrected chi connectivity index (χ2v) is 4.35. The van der Waals surface area contributed by atoms with Gasteiger partial charge < -0.3 is 0 Å². The van der Waals surface area contributed by atoms with Crippen LogP contribution in [0.15, 0.2) is 54.7 Å². The van der Waals surface area contributed by atoms with Crippen molar-refractivity contribution in [2.75, 3.05) is 0 Å². The number of nitrogens with zero attached hydrogens (tertiary/aromatic N) is 2. The van der Waals surface area contributed by atoms with Gasteiger partial charge in [-0.1, -0.05) is 36.4 Å². The van der Waals surface area contributed by atoms with Crippen molar-refractivity contribution >= 4 is 16.8 Å². The zero-order valence-corrected chi connectivity index (χ0v) is 10.5. The molecule has 0 N–H and O–H groups in total. The molecule has 3 heteroatoms. The molecule has 0 aliphatic heterocycles. The zero-order chi connectivity index (χ0) is 13.2. The summed E-state index contributed by atoms with van der Waals surface area (Å²) >= 11 is 0. The van der Waals surface area contributed by atoms with Gasteiger partial charge in [-0.3, -0.25) is 9.78 Å². The highest BCUT2D eigenvalue weighted by Crippen LogP contribution is 2.21. The molecule has 3 nitrogen and oxygen atoms in total. The van der Waals surface area contributed by atoms with Crippen molar-refractivity contribution in [3.05, 3.63) is 60.3 Å². The Morgan fingerprint density at radius 3 is 2.53 bits per heavy atom. The van der Waals surface area contributed by atoms with Gasteiger partial charge >= 0.3 is 0 Å².